The topological polar surface area (TPSA) is 82.2 Å². The van der Waals surface area contributed by atoms with Crippen LogP contribution >= 0.6 is 23.2 Å². The van der Waals surface area contributed by atoms with Crippen molar-refractivity contribution in [2.75, 3.05) is 18.4 Å². The fraction of sp³-hybridized carbons (Fsp3) is 0.500. The lowest BCUT2D eigenvalue weighted by Gasteiger charge is -2.32. The minimum Gasteiger partial charge on any atom is -0.352 e. The molecular formula is C22H28Cl2N6O. The predicted molar refractivity (Wildman–Crippen MR) is 124 cm³/mol. The molecule has 2 amide bonds. The van der Waals surface area contributed by atoms with Crippen LogP contribution in [0.2, 0.25) is 10.0 Å². The van der Waals surface area contributed by atoms with Gasteiger partial charge in [0.1, 0.15) is 0 Å². The third-order valence-electron chi connectivity index (χ3n) is 5.73. The van der Waals surface area contributed by atoms with E-state index in [1.54, 1.807) is 6.07 Å². The number of halogens is 2. The highest BCUT2D eigenvalue weighted by Gasteiger charge is 2.30. The van der Waals surface area contributed by atoms with Gasteiger partial charge in [-0.25, -0.2) is 14.8 Å². The van der Waals surface area contributed by atoms with Crippen LogP contribution in [0.1, 0.15) is 49.6 Å². The predicted octanol–water partition coefficient (Wildman–Crippen LogP) is 4.16. The lowest BCUT2D eigenvalue weighted by molar-refractivity contribution is 0.184. The molecule has 2 unspecified atom stereocenters. The lowest BCUT2D eigenvalue weighted by atomic mass is 9.98. The van der Waals surface area contributed by atoms with Gasteiger partial charge in [-0.3, -0.25) is 0 Å². The smallest absolute Gasteiger partial charge is 0.318 e. The Labute approximate surface area is 192 Å². The summed E-state index contributed by atoms with van der Waals surface area (Å²) in [5.41, 5.74) is 2.94. The first-order valence-corrected chi connectivity index (χ1v) is 11.5. The standard InChI is InChI=1S/C22H28Cl2N6O/c1-13(2)27-21-26-11-15-7-9-30(12-19(15)28-21)22(31)29-20(18-4-3-8-25-18)14-5-6-16(23)17(24)10-14/h5-6,10-11,13,18,20,25H,3-4,7-9,12H2,1-2H3,(H,29,31)(H,26,27,28). The molecule has 1 aromatic carbocycles. The largest absolute Gasteiger partial charge is 0.352 e. The van der Waals surface area contributed by atoms with E-state index in [-0.39, 0.29) is 24.2 Å². The number of fused-ring (bicyclic) bond motifs is 1. The molecule has 1 fully saturated rings. The van der Waals surface area contributed by atoms with E-state index >= 15 is 0 Å². The van der Waals surface area contributed by atoms with Crippen LogP contribution in [0, 0.1) is 0 Å². The zero-order valence-corrected chi connectivity index (χ0v) is 19.3. The van der Waals surface area contributed by atoms with Crippen LogP contribution in [0.5, 0.6) is 0 Å². The summed E-state index contributed by atoms with van der Waals surface area (Å²) in [6.45, 7) is 6.12. The van der Waals surface area contributed by atoms with E-state index in [0.717, 1.165) is 42.6 Å². The second-order valence-corrected chi connectivity index (χ2v) is 9.25. The van der Waals surface area contributed by atoms with Crippen LogP contribution in [0.4, 0.5) is 10.7 Å². The van der Waals surface area contributed by atoms with Gasteiger partial charge in [-0.15, -0.1) is 0 Å². The molecule has 7 nitrogen and oxygen atoms in total. The maximum atomic E-state index is 13.2. The number of hydrogen-bond donors (Lipinski definition) is 3. The molecule has 2 aliphatic heterocycles. The van der Waals surface area contributed by atoms with E-state index in [9.17, 15) is 4.79 Å². The Hall–Kier alpha value is -2.09. The summed E-state index contributed by atoms with van der Waals surface area (Å²) < 4.78 is 0. The number of anilines is 1. The number of benzene rings is 1. The number of nitrogens with zero attached hydrogens (tertiary/aromatic N) is 3. The molecule has 0 aliphatic carbocycles. The van der Waals surface area contributed by atoms with Crippen molar-refractivity contribution in [2.45, 2.75) is 57.8 Å². The highest BCUT2D eigenvalue weighted by atomic mass is 35.5. The van der Waals surface area contributed by atoms with Crippen molar-refractivity contribution in [1.29, 1.82) is 0 Å². The minimum atomic E-state index is -0.185. The summed E-state index contributed by atoms with van der Waals surface area (Å²) >= 11 is 12.4. The van der Waals surface area contributed by atoms with Gasteiger partial charge in [0, 0.05) is 24.8 Å². The highest BCUT2D eigenvalue weighted by molar-refractivity contribution is 6.42. The Bertz CT molecular complexity index is 948. The summed E-state index contributed by atoms with van der Waals surface area (Å²) in [6.07, 6.45) is 4.68. The fourth-order valence-electron chi connectivity index (χ4n) is 4.15. The van der Waals surface area contributed by atoms with Gasteiger partial charge in [0.25, 0.3) is 0 Å². The Morgan fingerprint density at radius 1 is 1.29 bits per heavy atom. The Kier molecular flexibility index (Phi) is 6.84. The summed E-state index contributed by atoms with van der Waals surface area (Å²) in [5.74, 6) is 0.597. The third-order valence-corrected chi connectivity index (χ3v) is 6.47. The van der Waals surface area contributed by atoms with Gasteiger partial charge in [0.15, 0.2) is 0 Å². The molecule has 0 spiro atoms. The maximum Gasteiger partial charge on any atom is 0.318 e. The summed E-state index contributed by atoms with van der Waals surface area (Å²) in [4.78, 5) is 24.1. The molecule has 166 valence electrons. The van der Waals surface area contributed by atoms with Gasteiger partial charge < -0.3 is 20.9 Å². The quantitative estimate of drug-likeness (QED) is 0.620. The molecule has 3 heterocycles. The average Bonchev–Trinajstić information content (AvgIpc) is 3.27. The normalized spacial score (nSPS) is 19.3. The lowest BCUT2D eigenvalue weighted by Crippen LogP contribution is -2.48. The maximum absolute atomic E-state index is 13.2. The fourth-order valence-corrected chi connectivity index (χ4v) is 4.45. The first-order chi connectivity index (χ1) is 14.9. The van der Waals surface area contributed by atoms with Crippen molar-refractivity contribution in [3.8, 4) is 0 Å². The summed E-state index contributed by atoms with van der Waals surface area (Å²) in [5, 5.41) is 11.0. The Balaban J connectivity index is 1.50. The van der Waals surface area contributed by atoms with Gasteiger partial charge in [0.05, 0.1) is 28.3 Å². The molecule has 31 heavy (non-hydrogen) atoms. The number of carbonyl (C=O) groups excluding carboxylic acids is 1. The van der Waals surface area contributed by atoms with E-state index < -0.39 is 0 Å². The SMILES string of the molecule is CC(C)Nc1ncc2c(n1)CN(C(=O)NC(c1ccc(Cl)c(Cl)c1)C1CCCN1)CC2. The second-order valence-electron chi connectivity index (χ2n) is 8.44. The van der Waals surface area contributed by atoms with Crippen LogP contribution in [-0.4, -0.2) is 46.1 Å². The molecule has 0 saturated carbocycles. The van der Waals surface area contributed by atoms with Crippen LogP contribution in [0.3, 0.4) is 0 Å². The molecule has 4 rings (SSSR count). The Morgan fingerprint density at radius 3 is 2.84 bits per heavy atom. The van der Waals surface area contributed by atoms with E-state index in [0.29, 0.717) is 29.1 Å². The van der Waals surface area contributed by atoms with Crippen molar-refractivity contribution in [1.82, 2.24) is 25.5 Å². The molecule has 0 radical (unpaired) electrons. The second kappa shape index (κ2) is 9.59. The molecule has 2 aromatic rings. The number of hydrogen-bond acceptors (Lipinski definition) is 5. The van der Waals surface area contributed by atoms with Gasteiger partial charge in [-0.05, 0) is 62.9 Å². The monoisotopic (exact) mass is 462 g/mol. The molecule has 1 aromatic heterocycles. The zero-order valence-electron chi connectivity index (χ0n) is 17.8. The van der Waals surface area contributed by atoms with Crippen molar-refractivity contribution in [3.05, 3.63) is 51.3 Å². The van der Waals surface area contributed by atoms with Crippen molar-refractivity contribution < 1.29 is 4.79 Å². The Morgan fingerprint density at radius 2 is 2.13 bits per heavy atom. The molecule has 2 atom stereocenters. The molecule has 1 saturated heterocycles. The van der Waals surface area contributed by atoms with Gasteiger partial charge >= 0.3 is 6.03 Å². The van der Waals surface area contributed by atoms with E-state index in [1.165, 1.54) is 0 Å². The number of rotatable bonds is 5. The number of nitrogens with one attached hydrogen (secondary N) is 3. The number of aromatic nitrogens is 2. The number of urea groups is 1. The van der Waals surface area contributed by atoms with Gasteiger partial charge in [-0.1, -0.05) is 29.3 Å². The van der Waals surface area contributed by atoms with E-state index in [2.05, 4.69) is 25.9 Å². The summed E-state index contributed by atoms with van der Waals surface area (Å²) in [7, 11) is 0. The molecule has 0 bridgehead atoms. The first kappa shape index (κ1) is 22.1. The first-order valence-electron chi connectivity index (χ1n) is 10.8. The van der Waals surface area contributed by atoms with E-state index in [4.69, 9.17) is 23.2 Å². The molecule has 2 aliphatic rings. The zero-order chi connectivity index (χ0) is 22.0. The third kappa shape index (κ3) is 5.22. The minimum absolute atomic E-state index is 0.104. The van der Waals surface area contributed by atoms with Crippen molar-refractivity contribution in [3.63, 3.8) is 0 Å². The van der Waals surface area contributed by atoms with Crippen LogP contribution < -0.4 is 16.0 Å². The highest BCUT2D eigenvalue weighted by Crippen LogP contribution is 2.30. The average molecular weight is 463 g/mol. The van der Waals surface area contributed by atoms with Crippen LogP contribution in [0.15, 0.2) is 24.4 Å². The van der Waals surface area contributed by atoms with Crippen LogP contribution in [-0.2, 0) is 13.0 Å². The summed E-state index contributed by atoms with van der Waals surface area (Å²) in [6, 6.07) is 5.67. The van der Waals surface area contributed by atoms with Crippen molar-refractivity contribution in [2.24, 2.45) is 0 Å². The van der Waals surface area contributed by atoms with Gasteiger partial charge in [-0.2, -0.15) is 0 Å². The molecule has 9 heteroatoms. The van der Waals surface area contributed by atoms with Gasteiger partial charge in [0.2, 0.25) is 5.95 Å². The number of carbonyl (C=O) groups is 1. The van der Waals surface area contributed by atoms with Crippen LogP contribution in [0.25, 0.3) is 0 Å². The number of amides is 2. The van der Waals surface area contributed by atoms with E-state index in [1.807, 2.05) is 37.1 Å². The molecule has 3 N–H and O–H groups in total. The molecular weight excluding hydrogens is 435 g/mol. The van der Waals surface area contributed by atoms with Crippen molar-refractivity contribution >= 4 is 35.2 Å².